The lowest BCUT2D eigenvalue weighted by Gasteiger charge is -2.07. The van der Waals surface area contributed by atoms with Crippen molar-refractivity contribution in [3.63, 3.8) is 0 Å². The number of rotatable bonds is 9. The Morgan fingerprint density at radius 1 is 1.14 bits per heavy atom. The molecule has 9 nitrogen and oxygen atoms in total. The summed E-state index contributed by atoms with van der Waals surface area (Å²) in [4.78, 5) is 33.8. The summed E-state index contributed by atoms with van der Waals surface area (Å²) in [5.74, 6) is -0.0352. The number of non-ortho nitro benzene ring substituents is 1. The van der Waals surface area contributed by atoms with Crippen LogP contribution in [0.2, 0.25) is 0 Å². The quantitative estimate of drug-likeness (QED) is 0.391. The summed E-state index contributed by atoms with van der Waals surface area (Å²) >= 11 is 0. The average molecular weight is 384 g/mol. The second-order valence-corrected chi connectivity index (χ2v) is 5.65. The Bertz CT molecular complexity index is 865. The fourth-order valence-electron chi connectivity index (χ4n) is 2.21. The zero-order chi connectivity index (χ0) is 20.4. The highest BCUT2D eigenvalue weighted by atomic mass is 16.6. The highest BCUT2D eigenvalue weighted by Gasteiger charge is 2.07. The van der Waals surface area contributed by atoms with Crippen LogP contribution in [0.15, 0.2) is 53.6 Å². The average Bonchev–Trinajstić information content (AvgIpc) is 2.68. The van der Waals surface area contributed by atoms with E-state index in [2.05, 4.69) is 15.8 Å². The topological polar surface area (TPSA) is 123 Å². The molecule has 28 heavy (non-hydrogen) atoms. The number of carbonyl (C=O) groups is 2. The maximum absolute atomic E-state index is 11.9. The molecule has 0 atom stereocenters. The zero-order valence-corrected chi connectivity index (χ0v) is 15.3. The van der Waals surface area contributed by atoms with E-state index in [1.165, 1.54) is 24.4 Å². The van der Waals surface area contributed by atoms with Crippen molar-refractivity contribution >= 4 is 29.4 Å². The molecule has 0 saturated heterocycles. The Hall–Kier alpha value is -3.75. The van der Waals surface area contributed by atoms with Crippen LogP contribution in [0.25, 0.3) is 0 Å². The minimum Gasteiger partial charge on any atom is -0.494 e. The number of hydrazone groups is 1. The van der Waals surface area contributed by atoms with E-state index in [9.17, 15) is 19.7 Å². The third kappa shape index (κ3) is 6.87. The SMILES string of the molecule is CCOc1ccc(NC(=O)CCC(=O)N/N=C\c2cccc([N+](=O)[O-])c2)cc1. The minimum absolute atomic E-state index is 0.00856. The number of nitro groups is 1. The second kappa shape index (κ2) is 10.4. The third-order valence-electron chi connectivity index (χ3n) is 3.51. The summed E-state index contributed by atoms with van der Waals surface area (Å²) in [6.07, 6.45) is 1.24. The number of hydrogen-bond acceptors (Lipinski definition) is 6. The summed E-state index contributed by atoms with van der Waals surface area (Å²) < 4.78 is 5.32. The van der Waals surface area contributed by atoms with Gasteiger partial charge < -0.3 is 10.1 Å². The van der Waals surface area contributed by atoms with Gasteiger partial charge in [0.1, 0.15) is 5.75 Å². The molecule has 0 fully saturated rings. The van der Waals surface area contributed by atoms with Crippen LogP contribution in [0.3, 0.4) is 0 Å². The first kappa shape index (κ1) is 20.6. The largest absolute Gasteiger partial charge is 0.494 e. The number of nitro benzene ring substituents is 1. The molecule has 2 rings (SSSR count). The standard InChI is InChI=1S/C19H20N4O5/c1-2-28-17-8-6-15(7-9-17)21-18(24)10-11-19(25)22-20-13-14-4-3-5-16(12-14)23(26)27/h3-9,12-13H,2,10-11H2,1H3,(H,21,24)(H,22,25)/b20-13-. The lowest BCUT2D eigenvalue weighted by atomic mass is 10.2. The van der Waals surface area contributed by atoms with E-state index in [1.807, 2.05) is 6.92 Å². The Balaban J connectivity index is 1.75. The second-order valence-electron chi connectivity index (χ2n) is 5.65. The normalized spacial score (nSPS) is 10.5. The molecule has 2 amide bonds. The summed E-state index contributed by atoms with van der Waals surface area (Å²) in [6, 6.07) is 12.7. The van der Waals surface area contributed by atoms with Crippen molar-refractivity contribution in [2.24, 2.45) is 5.10 Å². The smallest absolute Gasteiger partial charge is 0.270 e. The molecule has 9 heteroatoms. The number of amides is 2. The first-order chi connectivity index (χ1) is 13.5. The summed E-state index contributed by atoms with van der Waals surface area (Å²) in [5, 5.41) is 17.1. The van der Waals surface area contributed by atoms with Crippen molar-refractivity contribution in [3.8, 4) is 5.75 Å². The van der Waals surface area contributed by atoms with E-state index in [4.69, 9.17) is 4.74 Å². The maximum atomic E-state index is 11.9. The molecule has 0 bridgehead atoms. The molecule has 2 aromatic rings. The van der Waals surface area contributed by atoms with Crippen LogP contribution in [0.5, 0.6) is 5.75 Å². The Kier molecular flexibility index (Phi) is 7.64. The van der Waals surface area contributed by atoms with E-state index < -0.39 is 10.8 Å². The summed E-state index contributed by atoms with van der Waals surface area (Å²) in [7, 11) is 0. The molecule has 2 N–H and O–H groups in total. The number of nitrogens with zero attached hydrogens (tertiary/aromatic N) is 2. The van der Waals surface area contributed by atoms with Gasteiger partial charge >= 0.3 is 0 Å². The summed E-state index contributed by atoms with van der Waals surface area (Å²) in [6.45, 7) is 2.44. The Labute approximate surface area is 161 Å². The Morgan fingerprint density at radius 3 is 2.54 bits per heavy atom. The van der Waals surface area contributed by atoms with Gasteiger partial charge in [-0.15, -0.1) is 0 Å². The fraction of sp³-hybridized carbons (Fsp3) is 0.211. The first-order valence-corrected chi connectivity index (χ1v) is 8.57. The molecule has 0 spiro atoms. The van der Waals surface area contributed by atoms with E-state index in [-0.39, 0.29) is 24.4 Å². The van der Waals surface area contributed by atoms with Crippen molar-refractivity contribution in [2.75, 3.05) is 11.9 Å². The molecule has 0 unspecified atom stereocenters. The van der Waals surface area contributed by atoms with Crippen LogP contribution in [0, 0.1) is 10.1 Å². The van der Waals surface area contributed by atoms with Gasteiger partial charge in [0, 0.05) is 36.2 Å². The van der Waals surface area contributed by atoms with Gasteiger partial charge in [-0.3, -0.25) is 19.7 Å². The van der Waals surface area contributed by atoms with Crippen molar-refractivity contribution in [1.29, 1.82) is 0 Å². The van der Waals surface area contributed by atoms with Crippen molar-refractivity contribution in [3.05, 3.63) is 64.2 Å². The van der Waals surface area contributed by atoms with Gasteiger partial charge in [0.25, 0.3) is 5.69 Å². The maximum Gasteiger partial charge on any atom is 0.270 e. The van der Waals surface area contributed by atoms with Crippen LogP contribution >= 0.6 is 0 Å². The summed E-state index contributed by atoms with van der Waals surface area (Å²) in [5.41, 5.74) is 3.30. The van der Waals surface area contributed by atoms with E-state index in [1.54, 1.807) is 30.3 Å². The highest BCUT2D eigenvalue weighted by molar-refractivity contribution is 5.93. The number of benzene rings is 2. The van der Waals surface area contributed by atoms with Gasteiger partial charge in [0.2, 0.25) is 11.8 Å². The number of nitrogens with one attached hydrogen (secondary N) is 2. The molecule has 0 aliphatic carbocycles. The van der Waals surface area contributed by atoms with Crippen LogP contribution in [-0.4, -0.2) is 29.6 Å². The van der Waals surface area contributed by atoms with E-state index in [0.717, 1.165) is 0 Å². The van der Waals surface area contributed by atoms with E-state index >= 15 is 0 Å². The van der Waals surface area contributed by atoms with Gasteiger partial charge in [0.05, 0.1) is 17.7 Å². The number of anilines is 1. The van der Waals surface area contributed by atoms with Crippen molar-refractivity contribution < 1.29 is 19.2 Å². The number of ether oxygens (including phenoxy) is 1. The lowest BCUT2D eigenvalue weighted by molar-refractivity contribution is -0.384. The van der Waals surface area contributed by atoms with Crippen LogP contribution in [0.4, 0.5) is 11.4 Å². The molecule has 0 aromatic heterocycles. The molecule has 0 saturated carbocycles. The predicted octanol–water partition coefficient (Wildman–Crippen LogP) is 2.86. The molecule has 0 aliphatic heterocycles. The molecular weight excluding hydrogens is 364 g/mol. The number of carbonyl (C=O) groups excluding carboxylic acids is 2. The minimum atomic E-state index is -0.515. The third-order valence-corrected chi connectivity index (χ3v) is 3.51. The first-order valence-electron chi connectivity index (χ1n) is 8.57. The van der Waals surface area contributed by atoms with E-state index in [0.29, 0.717) is 23.6 Å². The van der Waals surface area contributed by atoms with Gasteiger partial charge in [-0.25, -0.2) is 5.43 Å². The fourth-order valence-corrected chi connectivity index (χ4v) is 2.21. The van der Waals surface area contributed by atoms with Crippen LogP contribution < -0.4 is 15.5 Å². The zero-order valence-electron chi connectivity index (χ0n) is 15.3. The molecular formula is C19H20N4O5. The van der Waals surface area contributed by atoms with Crippen molar-refractivity contribution in [2.45, 2.75) is 19.8 Å². The molecule has 2 aromatic carbocycles. The van der Waals surface area contributed by atoms with Gasteiger partial charge in [-0.05, 0) is 31.2 Å². The lowest BCUT2D eigenvalue weighted by Crippen LogP contribution is -2.20. The van der Waals surface area contributed by atoms with Gasteiger partial charge in [-0.2, -0.15) is 5.10 Å². The van der Waals surface area contributed by atoms with Crippen LogP contribution in [0.1, 0.15) is 25.3 Å². The monoisotopic (exact) mass is 384 g/mol. The molecule has 0 heterocycles. The predicted molar refractivity (Wildman–Crippen MR) is 104 cm³/mol. The molecule has 0 radical (unpaired) electrons. The molecule has 146 valence electrons. The van der Waals surface area contributed by atoms with Gasteiger partial charge in [-0.1, -0.05) is 12.1 Å². The van der Waals surface area contributed by atoms with Crippen molar-refractivity contribution in [1.82, 2.24) is 5.43 Å². The van der Waals surface area contributed by atoms with Gasteiger partial charge in [0.15, 0.2) is 0 Å². The Morgan fingerprint density at radius 2 is 1.86 bits per heavy atom. The van der Waals surface area contributed by atoms with Crippen LogP contribution in [-0.2, 0) is 9.59 Å². The number of hydrogen-bond donors (Lipinski definition) is 2. The molecule has 0 aliphatic rings. The highest BCUT2D eigenvalue weighted by Crippen LogP contribution is 2.16.